The monoisotopic (exact) mass is 349 g/mol. The van der Waals surface area contributed by atoms with Gasteiger partial charge in [-0.3, -0.25) is 15.1 Å². The van der Waals surface area contributed by atoms with E-state index in [0.29, 0.717) is 18.0 Å². The fraction of sp³-hybridized carbons (Fsp3) is 0.133. The molecule has 10 heteroatoms. The first kappa shape index (κ1) is 19.4. The Morgan fingerprint density at radius 1 is 1.20 bits per heavy atom. The van der Waals surface area contributed by atoms with Crippen molar-refractivity contribution in [3.8, 4) is 5.75 Å². The van der Waals surface area contributed by atoms with Crippen LogP contribution in [0.25, 0.3) is 0 Å². The number of methoxy groups -OCH3 is 1. The quantitative estimate of drug-likeness (QED) is 0.416. The number of hydrogen-bond acceptors (Lipinski definition) is 7. The minimum atomic E-state index is -1.82. The van der Waals surface area contributed by atoms with Crippen LogP contribution >= 0.6 is 0 Å². The highest BCUT2D eigenvalue weighted by Gasteiger charge is 2.11. The lowest BCUT2D eigenvalue weighted by Crippen LogP contribution is -2.09. The summed E-state index contributed by atoms with van der Waals surface area (Å²) in [6.45, 7) is 0.542. The summed E-state index contributed by atoms with van der Waals surface area (Å²) in [5.41, 5.74) is 1.65. The number of pyridine rings is 1. The van der Waals surface area contributed by atoms with Crippen molar-refractivity contribution < 1.29 is 29.5 Å². The molecule has 0 fully saturated rings. The number of non-ortho nitro benzene ring substituents is 1. The van der Waals surface area contributed by atoms with Crippen LogP contribution in [0.5, 0.6) is 5.75 Å². The van der Waals surface area contributed by atoms with E-state index < -0.39 is 16.9 Å². The molecule has 3 N–H and O–H groups in total. The van der Waals surface area contributed by atoms with Crippen molar-refractivity contribution in [2.75, 3.05) is 12.4 Å². The molecule has 25 heavy (non-hydrogen) atoms. The van der Waals surface area contributed by atoms with Crippen molar-refractivity contribution in [3.05, 3.63) is 58.4 Å². The van der Waals surface area contributed by atoms with E-state index in [-0.39, 0.29) is 5.69 Å². The molecule has 0 aliphatic heterocycles. The summed E-state index contributed by atoms with van der Waals surface area (Å²) >= 11 is 0. The molecule has 0 bridgehead atoms. The van der Waals surface area contributed by atoms with Gasteiger partial charge in [0.25, 0.3) is 5.69 Å². The van der Waals surface area contributed by atoms with Crippen LogP contribution in [0.2, 0.25) is 0 Å². The van der Waals surface area contributed by atoms with Gasteiger partial charge in [0.1, 0.15) is 5.75 Å². The molecule has 1 aromatic carbocycles. The third-order valence-electron chi connectivity index (χ3n) is 2.81. The van der Waals surface area contributed by atoms with Crippen LogP contribution in [-0.4, -0.2) is 39.2 Å². The molecule has 10 nitrogen and oxygen atoms in total. The second-order valence-corrected chi connectivity index (χ2v) is 4.46. The van der Waals surface area contributed by atoms with Gasteiger partial charge >= 0.3 is 11.9 Å². The van der Waals surface area contributed by atoms with E-state index >= 15 is 0 Å². The van der Waals surface area contributed by atoms with Gasteiger partial charge in [0, 0.05) is 31.1 Å². The standard InChI is InChI=1S/C13H13N3O3.C2H2O4/c1-19-13-3-2-11(16(17)18)8-12(13)15-9-10-4-6-14-7-5-10;3-1(4)2(5)6/h2-8,15H,9H2,1H3;(H,3,4)(H,5,6). The number of aromatic nitrogens is 1. The molecule has 132 valence electrons. The Hall–Kier alpha value is -3.69. The number of carboxylic acids is 2. The number of hydrogen-bond donors (Lipinski definition) is 3. The van der Waals surface area contributed by atoms with E-state index in [2.05, 4.69) is 10.3 Å². The summed E-state index contributed by atoms with van der Waals surface area (Å²) in [6.07, 6.45) is 3.39. The number of carboxylic acid groups (broad SMARTS) is 2. The van der Waals surface area contributed by atoms with Crippen molar-refractivity contribution in [3.63, 3.8) is 0 Å². The van der Waals surface area contributed by atoms with Gasteiger partial charge in [0.15, 0.2) is 0 Å². The van der Waals surface area contributed by atoms with Crippen LogP contribution in [0.15, 0.2) is 42.7 Å². The first-order chi connectivity index (χ1) is 11.8. The van der Waals surface area contributed by atoms with Gasteiger partial charge in [-0.05, 0) is 23.8 Å². The van der Waals surface area contributed by atoms with Crippen molar-refractivity contribution in [1.29, 1.82) is 0 Å². The molecule has 0 atom stereocenters. The Bertz CT molecular complexity index is 738. The van der Waals surface area contributed by atoms with Crippen molar-refractivity contribution in [2.45, 2.75) is 6.54 Å². The number of aliphatic carboxylic acids is 2. The summed E-state index contributed by atoms with van der Waals surface area (Å²) < 4.78 is 5.17. The third-order valence-corrected chi connectivity index (χ3v) is 2.81. The van der Waals surface area contributed by atoms with E-state index in [1.54, 1.807) is 18.5 Å². The van der Waals surface area contributed by atoms with Gasteiger partial charge in [-0.1, -0.05) is 0 Å². The summed E-state index contributed by atoms with van der Waals surface area (Å²) in [5, 5.41) is 28.7. The van der Waals surface area contributed by atoms with E-state index in [1.165, 1.54) is 19.2 Å². The lowest BCUT2D eigenvalue weighted by molar-refractivity contribution is -0.384. The minimum absolute atomic E-state index is 0.0260. The Morgan fingerprint density at radius 3 is 2.28 bits per heavy atom. The fourth-order valence-corrected chi connectivity index (χ4v) is 1.65. The normalized spacial score (nSPS) is 9.32. The van der Waals surface area contributed by atoms with E-state index in [9.17, 15) is 10.1 Å². The van der Waals surface area contributed by atoms with Crippen LogP contribution in [-0.2, 0) is 16.1 Å². The number of nitrogens with one attached hydrogen (secondary N) is 1. The maximum absolute atomic E-state index is 10.8. The Labute approximate surface area is 141 Å². The molecule has 0 unspecified atom stereocenters. The second kappa shape index (κ2) is 9.45. The lowest BCUT2D eigenvalue weighted by atomic mass is 10.2. The highest BCUT2D eigenvalue weighted by atomic mass is 16.6. The first-order valence-electron chi connectivity index (χ1n) is 6.76. The molecular formula is C15H15N3O7. The predicted molar refractivity (Wildman–Crippen MR) is 86.5 cm³/mol. The zero-order valence-electron chi connectivity index (χ0n) is 13.1. The SMILES string of the molecule is COc1ccc([N+](=O)[O-])cc1NCc1ccncc1.O=C(O)C(=O)O. The number of nitro groups is 1. The van der Waals surface area contributed by atoms with Crippen LogP contribution in [0.4, 0.5) is 11.4 Å². The van der Waals surface area contributed by atoms with Crippen molar-refractivity contribution in [2.24, 2.45) is 0 Å². The highest BCUT2D eigenvalue weighted by molar-refractivity contribution is 6.27. The zero-order chi connectivity index (χ0) is 18.8. The maximum Gasteiger partial charge on any atom is 0.414 e. The summed E-state index contributed by atoms with van der Waals surface area (Å²) in [4.78, 5) is 32.5. The molecule has 0 amide bonds. The van der Waals surface area contributed by atoms with E-state index in [1.807, 2.05) is 12.1 Å². The zero-order valence-corrected chi connectivity index (χ0v) is 13.1. The number of anilines is 1. The minimum Gasteiger partial charge on any atom is -0.495 e. The van der Waals surface area contributed by atoms with Gasteiger partial charge in [-0.25, -0.2) is 9.59 Å². The Morgan fingerprint density at radius 2 is 1.80 bits per heavy atom. The van der Waals surface area contributed by atoms with Crippen molar-refractivity contribution in [1.82, 2.24) is 4.98 Å². The molecule has 1 aromatic heterocycles. The summed E-state index contributed by atoms with van der Waals surface area (Å²) in [7, 11) is 1.53. The molecule has 0 spiro atoms. The van der Waals surface area contributed by atoms with Gasteiger partial charge in [-0.2, -0.15) is 0 Å². The third kappa shape index (κ3) is 6.52. The van der Waals surface area contributed by atoms with Crippen LogP contribution in [0.1, 0.15) is 5.56 Å². The smallest absolute Gasteiger partial charge is 0.414 e. The van der Waals surface area contributed by atoms with E-state index in [0.717, 1.165) is 5.56 Å². The molecular weight excluding hydrogens is 334 g/mol. The average molecular weight is 349 g/mol. The second-order valence-electron chi connectivity index (χ2n) is 4.46. The number of ether oxygens (including phenoxy) is 1. The number of nitrogens with zero attached hydrogens (tertiary/aromatic N) is 2. The Balaban J connectivity index is 0.000000450. The Kier molecular flexibility index (Phi) is 7.32. The maximum atomic E-state index is 10.8. The molecule has 0 aliphatic carbocycles. The number of carbonyl (C=O) groups is 2. The van der Waals surface area contributed by atoms with Crippen LogP contribution in [0, 0.1) is 10.1 Å². The van der Waals surface area contributed by atoms with Crippen LogP contribution in [0.3, 0.4) is 0 Å². The van der Waals surface area contributed by atoms with Gasteiger partial charge in [-0.15, -0.1) is 0 Å². The van der Waals surface area contributed by atoms with Crippen molar-refractivity contribution >= 4 is 23.3 Å². The molecule has 1 heterocycles. The number of rotatable bonds is 5. The first-order valence-corrected chi connectivity index (χ1v) is 6.76. The van der Waals surface area contributed by atoms with Gasteiger partial charge in [0.2, 0.25) is 0 Å². The predicted octanol–water partition coefficient (Wildman–Crippen LogP) is 1.77. The largest absolute Gasteiger partial charge is 0.495 e. The fourth-order valence-electron chi connectivity index (χ4n) is 1.65. The summed E-state index contributed by atoms with van der Waals surface area (Å²) in [6, 6.07) is 8.19. The molecule has 2 rings (SSSR count). The number of nitro benzene ring substituents is 1. The van der Waals surface area contributed by atoms with Crippen LogP contribution < -0.4 is 10.1 Å². The number of benzene rings is 1. The average Bonchev–Trinajstić information content (AvgIpc) is 2.61. The summed E-state index contributed by atoms with van der Waals surface area (Å²) in [5.74, 6) is -3.08. The lowest BCUT2D eigenvalue weighted by Gasteiger charge is -2.10. The van der Waals surface area contributed by atoms with Gasteiger partial charge in [0.05, 0.1) is 17.7 Å². The molecule has 0 saturated carbocycles. The molecule has 0 saturated heterocycles. The molecule has 2 aromatic rings. The van der Waals surface area contributed by atoms with Gasteiger partial charge < -0.3 is 20.3 Å². The van der Waals surface area contributed by atoms with E-state index in [4.69, 9.17) is 24.5 Å². The highest BCUT2D eigenvalue weighted by Crippen LogP contribution is 2.29. The molecule has 0 radical (unpaired) electrons. The topological polar surface area (TPSA) is 152 Å². The molecule has 0 aliphatic rings.